The van der Waals surface area contributed by atoms with Crippen molar-refractivity contribution in [2.45, 2.75) is 38.1 Å². The summed E-state index contributed by atoms with van der Waals surface area (Å²) in [5.74, 6) is 0.295. The topological polar surface area (TPSA) is 101 Å². The summed E-state index contributed by atoms with van der Waals surface area (Å²) in [5.41, 5.74) is 0. The average Bonchev–Trinajstić information content (AvgIpc) is 2.84. The highest BCUT2D eigenvalue weighted by atomic mass is 32.2. The quantitative estimate of drug-likeness (QED) is 0.539. The normalized spacial score (nSPS) is 11.5. The highest BCUT2D eigenvalue weighted by Gasteiger charge is 2.16. The monoisotopic (exact) mass is 289 g/mol. The molecule has 0 bridgehead atoms. The van der Waals surface area contributed by atoms with Crippen LogP contribution in [0.2, 0.25) is 0 Å². The molecule has 1 heterocycles. The number of hydrogen-bond donors (Lipinski definition) is 2. The molecule has 0 unspecified atom stereocenters. The van der Waals surface area contributed by atoms with Crippen LogP contribution in [0.1, 0.15) is 32.5 Å². The lowest BCUT2D eigenvalue weighted by Gasteiger charge is -2.04. The Labute approximate surface area is 112 Å². The number of aromatic amines is 1. The number of ether oxygens (including phenoxy) is 1. The number of aromatic nitrogens is 2. The largest absolute Gasteiger partial charge is 0.466 e. The molecule has 0 aliphatic carbocycles. The molecule has 7 nitrogen and oxygen atoms in total. The van der Waals surface area contributed by atoms with Crippen LogP contribution in [0.4, 0.5) is 0 Å². The standard InChI is InChI=1S/C11H19N3O4S/c1-3-9-12-8-10(14-9)19(16,17)13-7-5-6-11(15)18-4-2/h8,13H,3-7H2,1-2H3,(H,12,14). The lowest BCUT2D eigenvalue weighted by atomic mass is 10.3. The zero-order chi connectivity index (χ0) is 14.3. The molecular formula is C11H19N3O4S. The van der Waals surface area contributed by atoms with Gasteiger partial charge < -0.3 is 9.72 Å². The summed E-state index contributed by atoms with van der Waals surface area (Å²) < 4.78 is 30.8. The average molecular weight is 289 g/mol. The van der Waals surface area contributed by atoms with E-state index in [4.69, 9.17) is 4.74 Å². The predicted molar refractivity (Wildman–Crippen MR) is 69.0 cm³/mol. The second-order valence-electron chi connectivity index (χ2n) is 3.85. The van der Waals surface area contributed by atoms with E-state index in [1.165, 1.54) is 6.20 Å². The van der Waals surface area contributed by atoms with Gasteiger partial charge in [-0.3, -0.25) is 4.79 Å². The third-order valence-corrected chi connectivity index (χ3v) is 3.76. The predicted octanol–water partition coefficient (Wildman–Crippen LogP) is 0.594. The molecule has 0 atom stereocenters. The van der Waals surface area contributed by atoms with Crippen molar-refractivity contribution in [1.29, 1.82) is 0 Å². The molecule has 1 aromatic rings. The Morgan fingerprint density at radius 1 is 1.47 bits per heavy atom. The molecule has 19 heavy (non-hydrogen) atoms. The van der Waals surface area contributed by atoms with Gasteiger partial charge in [0, 0.05) is 19.4 Å². The van der Waals surface area contributed by atoms with Crippen LogP contribution < -0.4 is 4.72 Å². The van der Waals surface area contributed by atoms with Crippen molar-refractivity contribution in [3.8, 4) is 0 Å². The van der Waals surface area contributed by atoms with E-state index in [1.807, 2.05) is 6.92 Å². The molecule has 1 aromatic heterocycles. The molecule has 0 amide bonds. The SMILES string of the molecule is CCOC(=O)CCCNS(=O)(=O)c1cnc(CC)[nH]1. The van der Waals surface area contributed by atoms with Crippen LogP contribution in [0.25, 0.3) is 0 Å². The van der Waals surface area contributed by atoms with Gasteiger partial charge in [0.25, 0.3) is 10.0 Å². The number of carbonyl (C=O) groups is 1. The Morgan fingerprint density at radius 3 is 2.79 bits per heavy atom. The first-order valence-electron chi connectivity index (χ1n) is 6.18. The van der Waals surface area contributed by atoms with Gasteiger partial charge >= 0.3 is 5.97 Å². The van der Waals surface area contributed by atoms with Gasteiger partial charge in [0.05, 0.1) is 12.8 Å². The minimum absolute atomic E-state index is 0.0421. The summed E-state index contributed by atoms with van der Waals surface area (Å²) in [4.78, 5) is 17.7. The van der Waals surface area contributed by atoms with Crippen LogP contribution in [-0.4, -0.2) is 37.5 Å². The number of nitrogens with one attached hydrogen (secondary N) is 2. The van der Waals surface area contributed by atoms with Gasteiger partial charge in [0.2, 0.25) is 0 Å². The minimum atomic E-state index is -3.58. The van der Waals surface area contributed by atoms with E-state index in [0.717, 1.165) is 0 Å². The maximum Gasteiger partial charge on any atom is 0.305 e. The number of imidazole rings is 1. The minimum Gasteiger partial charge on any atom is -0.466 e. The zero-order valence-corrected chi connectivity index (χ0v) is 11.9. The molecule has 0 aromatic carbocycles. The Kier molecular flexibility index (Phi) is 5.97. The first-order chi connectivity index (χ1) is 8.99. The fourth-order valence-corrected chi connectivity index (χ4v) is 2.42. The molecule has 0 saturated carbocycles. The van der Waals surface area contributed by atoms with Crippen molar-refractivity contribution < 1.29 is 17.9 Å². The first kappa shape index (κ1) is 15.6. The lowest BCUT2D eigenvalue weighted by molar-refractivity contribution is -0.143. The molecule has 0 aliphatic rings. The summed E-state index contributed by atoms with van der Waals surface area (Å²) in [7, 11) is -3.58. The van der Waals surface area contributed by atoms with Gasteiger partial charge in [0.1, 0.15) is 5.82 Å². The van der Waals surface area contributed by atoms with Crippen molar-refractivity contribution in [2.75, 3.05) is 13.2 Å². The molecule has 108 valence electrons. The second-order valence-corrected chi connectivity index (χ2v) is 5.59. The van der Waals surface area contributed by atoms with E-state index in [-0.39, 0.29) is 24.0 Å². The van der Waals surface area contributed by atoms with Crippen molar-refractivity contribution >= 4 is 16.0 Å². The van der Waals surface area contributed by atoms with Crippen LogP contribution in [0.5, 0.6) is 0 Å². The summed E-state index contributed by atoms with van der Waals surface area (Å²) >= 11 is 0. The van der Waals surface area contributed by atoms with E-state index < -0.39 is 10.0 Å². The van der Waals surface area contributed by atoms with Crippen LogP contribution in [-0.2, 0) is 26.0 Å². The smallest absolute Gasteiger partial charge is 0.305 e. The molecule has 2 N–H and O–H groups in total. The van der Waals surface area contributed by atoms with E-state index in [9.17, 15) is 13.2 Å². The number of rotatable bonds is 8. The molecule has 1 rings (SSSR count). The fourth-order valence-electron chi connectivity index (χ4n) is 1.41. The summed E-state index contributed by atoms with van der Waals surface area (Å²) in [6.07, 6.45) is 2.51. The van der Waals surface area contributed by atoms with Crippen molar-refractivity contribution in [3.05, 3.63) is 12.0 Å². The number of hydrogen-bond acceptors (Lipinski definition) is 5. The number of esters is 1. The third-order valence-electron chi connectivity index (χ3n) is 2.38. The zero-order valence-electron chi connectivity index (χ0n) is 11.1. The highest BCUT2D eigenvalue weighted by molar-refractivity contribution is 7.89. The van der Waals surface area contributed by atoms with E-state index >= 15 is 0 Å². The van der Waals surface area contributed by atoms with E-state index in [0.29, 0.717) is 25.3 Å². The maximum absolute atomic E-state index is 11.8. The molecule has 8 heteroatoms. The summed E-state index contributed by atoms with van der Waals surface area (Å²) in [5, 5.41) is 0.0421. The fraction of sp³-hybridized carbons (Fsp3) is 0.636. The summed E-state index contributed by atoms with van der Waals surface area (Å²) in [6, 6.07) is 0. The third kappa shape index (κ3) is 4.99. The summed E-state index contributed by atoms with van der Waals surface area (Å²) in [6.45, 7) is 4.12. The van der Waals surface area contributed by atoms with Crippen molar-refractivity contribution in [1.82, 2.24) is 14.7 Å². The van der Waals surface area contributed by atoms with E-state index in [2.05, 4.69) is 14.7 Å². The number of aryl methyl sites for hydroxylation is 1. The van der Waals surface area contributed by atoms with Gasteiger partial charge in [-0.15, -0.1) is 0 Å². The van der Waals surface area contributed by atoms with Gasteiger partial charge in [-0.05, 0) is 13.3 Å². The number of carbonyl (C=O) groups excluding carboxylic acids is 1. The van der Waals surface area contributed by atoms with Crippen molar-refractivity contribution in [3.63, 3.8) is 0 Å². The van der Waals surface area contributed by atoms with Crippen LogP contribution >= 0.6 is 0 Å². The number of sulfonamides is 1. The Balaban J connectivity index is 2.41. The first-order valence-corrected chi connectivity index (χ1v) is 7.67. The lowest BCUT2D eigenvalue weighted by Crippen LogP contribution is -2.25. The van der Waals surface area contributed by atoms with Crippen LogP contribution in [0.15, 0.2) is 11.2 Å². The molecular weight excluding hydrogens is 270 g/mol. The van der Waals surface area contributed by atoms with Crippen LogP contribution in [0, 0.1) is 0 Å². The van der Waals surface area contributed by atoms with Crippen molar-refractivity contribution in [2.24, 2.45) is 0 Å². The Morgan fingerprint density at radius 2 is 2.21 bits per heavy atom. The van der Waals surface area contributed by atoms with Gasteiger partial charge in [0.15, 0.2) is 5.03 Å². The Hall–Kier alpha value is -1.41. The van der Waals surface area contributed by atoms with Gasteiger partial charge in [-0.2, -0.15) is 0 Å². The molecule has 0 aliphatic heterocycles. The van der Waals surface area contributed by atoms with Gasteiger partial charge in [-0.1, -0.05) is 6.92 Å². The highest BCUT2D eigenvalue weighted by Crippen LogP contribution is 2.06. The molecule has 0 spiro atoms. The van der Waals surface area contributed by atoms with Crippen LogP contribution in [0.3, 0.4) is 0 Å². The molecule has 0 saturated heterocycles. The second kappa shape index (κ2) is 7.25. The van der Waals surface area contributed by atoms with E-state index in [1.54, 1.807) is 6.92 Å². The Bertz CT molecular complexity index is 510. The van der Waals surface area contributed by atoms with Gasteiger partial charge in [-0.25, -0.2) is 18.1 Å². The maximum atomic E-state index is 11.8. The molecule has 0 fully saturated rings. The number of nitrogens with zero attached hydrogens (tertiary/aromatic N) is 1. The molecule has 0 radical (unpaired) electrons. The number of H-pyrrole nitrogens is 1.